The van der Waals surface area contributed by atoms with E-state index in [2.05, 4.69) is 0 Å². The molecule has 4 N–H and O–H groups in total. The molecule has 0 bridgehead atoms. The summed E-state index contributed by atoms with van der Waals surface area (Å²) in [5.41, 5.74) is 14.4. The van der Waals surface area contributed by atoms with Crippen LogP contribution in [0.3, 0.4) is 0 Å². The number of ether oxygens (including phenoxy) is 2. The van der Waals surface area contributed by atoms with Gasteiger partial charge >= 0.3 is 0 Å². The van der Waals surface area contributed by atoms with Crippen LogP contribution >= 0.6 is 0 Å². The van der Waals surface area contributed by atoms with Crippen LogP contribution in [0.15, 0.2) is 100 Å². The van der Waals surface area contributed by atoms with Gasteiger partial charge in [-0.05, 0) is 79.7 Å². The highest BCUT2D eigenvalue weighted by Gasteiger charge is 2.18. The normalized spacial score (nSPS) is 10.9. The molecule has 0 spiro atoms. The van der Waals surface area contributed by atoms with Crippen molar-refractivity contribution in [2.45, 2.75) is 6.92 Å². The van der Waals surface area contributed by atoms with E-state index < -0.39 is 0 Å². The second kappa shape index (κ2) is 8.67. The second-order valence-corrected chi connectivity index (χ2v) is 7.88. The minimum Gasteiger partial charge on any atom is -0.457 e. The molecule has 168 valence electrons. The summed E-state index contributed by atoms with van der Waals surface area (Å²) in [6.45, 7) is 1.75. The maximum absolute atomic E-state index is 13.0. The minimum atomic E-state index is -0.0857. The van der Waals surface area contributed by atoms with Gasteiger partial charge in [-0.15, -0.1) is 0 Å². The summed E-state index contributed by atoms with van der Waals surface area (Å²) in [5.74, 6) is 2.68. The van der Waals surface area contributed by atoms with Gasteiger partial charge in [0.05, 0.1) is 10.9 Å². The lowest BCUT2D eigenvalue weighted by molar-refractivity contribution is 0.460. The van der Waals surface area contributed by atoms with Crippen LogP contribution in [-0.2, 0) is 0 Å². The summed E-state index contributed by atoms with van der Waals surface area (Å²) in [6, 6.07) is 26.7. The Bertz CT molecular complexity index is 1540. The number of nitrogen functional groups attached to an aromatic ring is 2. The van der Waals surface area contributed by atoms with Gasteiger partial charge in [0.2, 0.25) is 0 Å². The van der Waals surface area contributed by atoms with Gasteiger partial charge in [-0.3, -0.25) is 4.79 Å². The van der Waals surface area contributed by atoms with Crippen molar-refractivity contribution in [3.63, 3.8) is 0 Å². The second-order valence-electron chi connectivity index (χ2n) is 7.88. The summed E-state index contributed by atoms with van der Waals surface area (Å²) in [5, 5.41) is 0.535. The van der Waals surface area contributed by atoms with Gasteiger partial charge < -0.3 is 25.4 Å². The molecule has 0 fully saturated rings. The lowest BCUT2D eigenvalue weighted by atomic mass is 10.0. The number of nitrogens with two attached hydrogens (primary N) is 2. The molecule has 0 aliphatic carbocycles. The van der Waals surface area contributed by atoms with Gasteiger partial charge in [0.25, 0.3) is 0 Å². The SMILES string of the molecule is Cc1c(-c2ccc(Oc3ccc(N)cc3)cc2Oc2ccc(N)cc2)oc2ccccc2c1=O. The number of hydrogen-bond acceptors (Lipinski definition) is 6. The summed E-state index contributed by atoms with van der Waals surface area (Å²) in [6.07, 6.45) is 0. The molecule has 0 amide bonds. The molecule has 0 aliphatic rings. The Morgan fingerprint density at radius 3 is 1.97 bits per heavy atom. The molecule has 0 unspecified atom stereocenters. The summed E-state index contributed by atoms with van der Waals surface area (Å²) in [4.78, 5) is 13.0. The van der Waals surface area contributed by atoms with Crippen molar-refractivity contribution in [2.75, 3.05) is 11.5 Å². The van der Waals surface area contributed by atoms with Crippen LogP contribution in [0.2, 0.25) is 0 Å². The van der Waals surface area contributed by atoms with Gasteiger partial charge in [-0.2, -0.15) is 0 Å². The van der Waals surface area contributed by atoms with Crippen LogP contribution in [-0.4, -0.2) is 0 Å². The molecule has 0 aliphatic heterocycles. The maximum Gasteiger partial charge on any atom is 0.196 e. The molecular weight excluding hydrogens is 428 g/mol. The van der Waals surface area contributed by atoms with Crippen molar-refractivity contribution in [3.8, 4) is 34.3 Å². The first-order valence-corrected chi connectivity index (χ1v) is 10.7. The number of para-hydroxylation sites is 1. The van der Waals surface area contributed by atoms with Crippen LogP contribution < -0.4 is 26.4 Å². The Hall–Kier alpha value is -4.71. The predicted molar refractivity (Wildman–Crippen MR) is 135 cm³/mol. The van der Waals surface area contributed by atoms with Crippen molar-refractivity contribution in [2.24, 2.45) is 0 Å². The first kappa shape index (κ1) is 21.2. The molecule has 4 aromatic carbocycles. The summed E-state index contributed by atoms with van der Waals surface area (Å²) < 4.78 is 18.4. The molecule has 1 heterocycles. The highest BCUT2D eigenvalue weighted by molar-refractivity contribution is 5.81. The van der Waals surface area contributed by atoms with E-state index in [1.54, 1.807) is 79.7 Å². The average Bonchev–Trinajstić information content (AvgIpc) is 2.85. The Morgan fingerprint density at radius 1 is 0.706 bits per heavy atom. The molecule has 0 saturated carbocycles. The molecule has 6 nitrogen and oxygen atoms in total. The molecule has 5 rings (SSSR count). The molecule has 0 saturated heterocycles. The van der Waals surface area contributed by atoms with Crippen molar-refractivity contribution < 1.29 is 13.9 Å². The fourth-order valence-electron chi connectivity index (χ4n) is 3.66. The number of rotatable bonds is 5. The van der Waals surface area contributed by atoms with Crippen LogP contribution in [0, 0.1) is 6.92 Å². The number of hydrogen-bond donors (Lipinski definition) is 2. The third-order valence-electron chi connectivity index (χ3n) is 5.45. The van der Waals surface area contributed by atoms with Crippen molar-refractivity contribution in [3.05, 3.63) is 107 Å². The Balaban J connectivity index is 1.63. The largest absolute Gasteiger partial charge is 0.457 e. The maximum atomic E-state index is 13.0. The molecule has 6 heteroatoms. The zero-order chi connectivity index (χ0) is 23.7. The van der Waals surface area contributed by atoms with Gasteiger partial charge in [0.1, 0.15) is 34.3 Å². The number of benzene rings is 4. The standard InChI is InChI=1S/C28H22N2O4/c1-17-27(31)23-4-2-3-5-25(23)34-28(17)24-15-14-22(32-20-10-6-18(29)7-11-20)16-26(24)33-21-12-8-19(30)9-13-21/h2-16H,29-30H2,1H3. The molecule has 1 aromatic heterocycles. The first-order valence-electron chi connectivity index (χ1n) is 10.7. The van der Waals surface area contributed by atoms with E-state index in [4.69, 9.17) is 25.4 Å². The Labute approximate surface area is 196 Å². The zero-order valence-electron chi connectivity index (χ0n) is 18.4. The van der Waals surface area contributed by atoms with Gasteiger partial charge in [-0.25, -0.2) is 0 Å². The van der Waals surface area contributed by atoms with Gasteiger partial charge in [-0.1, -0.05) is 12.1 Å². The van der Waals surface area contributed by atoms with Crippen molar-refractivity contribution in [1.82, 2.24) is 0 Å². The number of fused-ring (bicyclic) bond motifs is 1. The van der Waals surface area contributed by atoms with E-state index in [0.717, 1.165) is 0 Å². The van der Waals surface area contributed by atoms with Crippen LogP contribution in [0.5, 0.6) is 23.0 Å². The quantitative estimate of drug-likeness (QED) is 0.296. The topological polar surface area (TPSA) is 101 Å². The van der Waals surface area contributed by atoms with E-state index in [9.17, 15) is 4.79 Å². The third-order valence-corrected chi connectivity index (χ3v) is 5.45. The highest BCUT2D eigenvalue weighted by Crippen LogP contribution is 2.39. The highest BCUT2D eigenvalue weighted by atomic mass is 16.5. The fourth-order valence-corrected chi connectivity index (χ4v) is 3.66. The third kappa shape index (κ3) is 4.17. The predicted octanol–water partition coefficient (Wildman–Crippen LogP) is 6.52. The molecule has 5 aromatic rings. The first-order chi connectivity index (χ1) is 16.5. The minimum absolute atomic E-state index is 0.0857. The van der Waals surface area contributed by atoms with Crippen molar-refractivity contribution >= 4 is 22.3 Å². The Morgan fingerprint density at radius 2 is 1.29 bits per heavy atom. The van der Waals surface area contributed by atoms with E-state index in [-0.39, 0.29) is 5.43 Å². The zero-order valence-corrected chi connectivity index (χ0v) is 18.4. The smallest absolute Gasteiger partial charge is 0.196 e. The average molecular weight is 450 g/mol. The Kier molecular flexibility index (Phi) is 5.40. The van der Waals surface area contributed by atoms with Crippen LogP contribution in [0.4, 0.5) is 11.4 Å². The van der Waals surface area contributed by atoms with E-state index >= 15 is 0 Å². The lowest BCUT2D eigenvalue weighted by Crippen LogP contribution is -2.07. The van der Waals surface area contributed by atoms with E-state index in [1.807, 2.05) is 18.2 Å². The lowest BCUT2D eigenvalue weighted by Gasteiger charge is -2.15. The molecule has 0 atom stereocenters. The van der Waals surface area contributed by atoms with Crippen LogP contribution in [0.25, 0.3) is 22.3 Å². The van der Waals surface area contributed by atoms with E-state index in [1.165, 1.54) is 0 Å². The number of anilines is 2. The summed E-state index contributed by atoms with van der Waals surface area (Å²) in [7, 11) is 0. The fraction of sp³-hybridized carbons (Fsp3) is 0.0357. The van der Waals surface area contributed by atoms with E-state index in [0.29, 0.717) is 62.2 Å². The van der Waals surface area contributed by atoms with Crippen molar-refractivity contribution in [1.29, 1.82) is 0 Å². The van der Waals surface area contributed by atoms with Gasteiger partial charge in [0.15, 0.2) is 5.43 Å². The molecule has 0 radical (unpaired) electrons. The molecule has 34 heavy (non-hydrogen) atoms. The van der Waals surface area contributed by atoms with Crippen LogP contribution in [0.1, 0.15) is 5.56 Å². The van der Waals surface area contributed by atoms with Gasteiger partial charge in [0, 0.05) is 23.0 Å². The molecular formula is C28H22N2O4. The monoisotopic (exact) mass is 450 g/mol. The summed E-state index contributed by atoms with van der Waals surface area (Å²) >= 11 is 0.